The summed E-state index contributed by atoms with van der Waals surface area (Å²) in [6.45, 7) is 4.75. The zero-order valence-corrected chi connectivity index (χ0v) is 11.2. The van der Waals surface area contributed by atoms with Crippen LogP contribution in [0.4, 0.5) is 10.1 Å². The van der Waals surface area contributed by atoms with Gasteiger partial charge in [-0.25, -0.2) is 4.39 Å². The van der Waals surface area contributed by atoms with E-state index in [9.17, 15) is 9.18 Å². The summed E-state index contributed by atoms with van der Waals surface area (Å²) in [5.74, 6) is 0.193. The van der Waals surface area contributed by atoms with Gasteiger partial charge >= 0.3 is 0 Å². The van der Waals surface area contributed by atoms with Gasteiger partial charge < -0.3 is 15.4 Å². The molecule has 1 heterocycles. The number of amides is 1. The number of ether oxygens (including phenoxy) is 1. The fraction of sp³-hybridized carbons (Fsp3) is 0.500. The SMILES string of the molecule is C[C@H](CN)CC(=O)N1C[C@@H](C)Oc2cc(F)ccc21. The van der Waals surface area contributed by atoms with Gasteiger partial charge in [-0.3, -0.25) is 4.79 Å². The molecule has 2 atom stereocenters. The zero-order chi connectivity index (χ0) is 14.0. The van der Waals surface area contributed by atoms with Crippen molar-refractivity contribution in [1.82, 2.24) is 0 Å². The summed E-state index contributed by atoms with van der Waals surface area (Å²) >= 11 is 0. The van der Waals surface area contributed by atoms with E-state index in [1.165, 1.54) is 12.1 Å². The Labute approximate surface area is 112 Å². The molecule has 2 N–H and O–H groups in total. The van der Waals surface area contributed by atoms with Gasteiger partial charge in [0.1, 0.15) is 17.7 Å². The van der Waals surface area contributed by atoms with Gasteiger partial charge in [0, 0.05) is 12.5 Å². The molecule has 4 nitrogen and oxygen atoms in total. The maximum absolute atomic E-state index is 13.2. The van der Waals surface area contributed by atoms with E-state index in [0.29, 0.717) is 30.9 Å². The lowest BCUT2D eigenvalue weighted by atomic mass is 10.1. The van der Waals surface area contributed by atoms with Crippen molar-refractivity contribution in [2.45, 2.75) is 26.4 Å². The average molecular weight is 266 g/mol. The van der Waals surface area contributed by atoms with Crippen LogP contribution in [0.15, 0.2) is 18.2 Å². The Morgan fingerprint density at radius 1 is 1.63 bits per heavy atom. The predicted octanol–water partition coefficient (Wildman–Crippen LogP) is 1.92. The van der Waals surface area contributed by atoms with E-state index >= 15 is 0 Å². The Balaban J connectivity index is 2.25. The van der Waals surface area contributed by atoms with Crippen molar-refractivity contribution in [3.63, 3.8) is 0 Å². The highest BCUT2D eigenvalue weighted by Gasteiger charge is 2.28. The fourth-order valence-corrected chi connectivity index (χ4v) is 2.14. The molecular weight excluding hydrogens is 247 g/mol. The van der Waals surface area contributed by atoms with Gasteiger partial charge in [0.05, 0.1) is 12.2 Å². The zero-order valence-electron chi connectivity index (χ0n) is 11.2. The third kappa shape index (κ3) is 3.04. The van der Waals surface area contributed by atoms with Crippen molar-refractivity contribution in [2.24, 2.45) is 11.7 Å². The number of anilines is 1. The second kappa shape index (κ2) is 5.57. The number of hydrogen-bond acceptors (Lipinski definition) is 3. The van der Waals surface area contributed by atoms with Gasteiger partial charge in [-0.1, -0.05) is 6.92 Å². The van der Waals surface area contributed by atoms with E-state index in [1.54, 1.807) is 11.0 Å². The molecule has 1 aromatic carbocycles. The summed E-state index contributed by atoms with van der Waals surface area (Å²) in [6, 6.07) is 4.24. The van der Waals surface area contributed by atoms with Crippen LogP contribution in [0.2, 0.25) is 0 Å². The Morgan fingerprint density at radius 2 is 2.37 bits per heavy atom. The summed E-state index contributed by atoms with van der Waals surface area (Å²) in [6.07, 6.45) is 0.242. The Bertz CT molecular complexity index is 479. The smallest absolute Gasteiger partial charge is 0.227 e. The number of hydrogen-bond donors (Lipinski definition) is 1. The summed E-state index contributed by atoms with van der Waals surface area (Å²) in [7, 11) is 0. The van der Waals surface area contributed by atoms with Crippen LogP contribution >= 0.6 is 0 Å². The fourth-order valence-electron chi connectivity index (χ4n) is 2.14. The van der Waals surface area contributed by atoms with Crippen molar-refractivity contribution in [3.8, 4) is 5.75 Å². The number of benzene rings is 1. The number of halogens is 1. The summed E-state index contributed by atoms with van der Waals surface area (Å²) < 4.78 is 18.8. The second-order valence-electron chi connectivity index (χ2n) is 5.09. The molecule has 1 aliphatic rings. The topological polar surface area (TPSA) is 55.6 Å². The number of fused-ring (bicyclic) bond motifs is 1. The highest BCUT2D eigenvalue weighted by molar-refractivity contribution is 5.95. The van der Waals surface area contributed by atoms with Crippen LogP contribution in [-0.2, 0) is 4.79 Å². The van der Waals surface area contributed by atoms with E-state index in [1.807, 2.05) is 13.8 Å². The molecule has 104 valence electrons. The Kier molecular flexibility index (Phi) is 4.04. The molecule has 0 aromatic heterocycles. The molecule has 0 bridgehead atoms. The number of rotatable bonds is 3. The van der Waals surface area contributed by atoms with Crippen LogP contribution in [0, 0.1) is 11.7 Å². The molecule has 5 heteroatoms. The predicted molar refractivity (Wildman–Crippen MR) is 71.7 cm³/mol. The molecule has 0 fully saturated rings. The standard InChI is InChI=1S/C14H19FN2O2/c1-9(7-16)5-14(18)17-8-10(2)19-13-6-11(15)3-4-12(13)17/h3-4,6,9-10H,5,7-8,16H2,1-2H3/t9-,10+/m0/s1. The quantitative estimate of drug-likeness (QED) is 0.909. The van der Waals surface area contributed by atoms with E-state index in [-0.39, 0.29) is 23.7 Å². The average Bonchev–Trinajstić information content (AvgIpc) is 2.36. The highest BCUT2D eigenvalue weighted by Crippen LogP contribution is 2.34. The van der Waals surface area contributed by atoms with E-state index in [4.69, 9.17) is 10.5 Å². The number of nitrogens with zero attached hydrogens (tertiary/aromatic N) is 1. The number of carbonyl (C=O) groups excluding carboxylic acids is 1. The van der Waals surface area contributed by atoms with E-state index < -0.39 is 0 Å². The van der Waals surface area contributed by atoms with E-state index in [0.717, 1.165) is 0 Å². The monoisotopic (exact) mass is 266 g/mol. The third-order valence-corrected chi connectivity index (χ3v) is 3.21. The van der Waals surface area contributed by atoms with Crippen LogP contribution in [0.1, 0.15) is 20.3 Å². The van der Waals surface area contributed by atoms with Crippen LogP contribution in [0.3, 0.4) is 0 Å². The van der Waals surface area contributed by atoms with Crippen molar-refractivity contribution in [2.75, 3.05) is 18.0 Å². The molecule has 0 spiro atoms. The normalized spacial score (nSPS) is 19.6. The molecule has 2 rings (SSSR count). The molecule has 1 aromatic rings. The van der Waals surface area contributed by atoms with Gasteiger partial charge in [-0.15, -0.1) is 0 Å². The van der Waals surface area contributed by atoms with Crippen molar-refractivity contribution in [1.29, 1.82) is 0 Å². The van der Waals surface area contributed by atoms with Crippen LogP contribution in [0.5, 0.6) is 5.75 Å². The first-order valence-corrected chi connectivity index (χ1v) is 6.48. The summed E-state index contributed by atoms with van der Waals surface area (Å²) in [4.78, 5) is 13.9. The van der Waals surface area contributed by atoms with Crippen LogP contribution in [-0.4, -0.2) is 25.1 Å². The molecule has 0 aliphatic carbocycles. The van der Waals surface area contributed by atoms with Gasteiger partial charge in [0.25, 0.3) is 0 Å². The summed E-state index contributed by atoms with van der Waals surface area (Å²) in [5.41, 5.74) is 6.18. The van der Waals surface area contributed by atoms with Gasteiger partial charge in [-0.05, 0) is 31.5 Å². The molecular formula is C14H19FN2O2. The second-order valence-corrected chi connectivity index (χ2v) is 5.09. The first-order chi connectivity index (χ1) is 9.01. The Hall–Kier alpha value is -1.62. The largest absolute Gasteiger partial charge is 0.487 e. The molecule has 0 radical (unpaired) electrons. The van der Waals surface area contributed by atoms with Crippen molar-refractivity contribution >= 4 is 11.6 Å². The molecule has 0 unspecified atom stereocenters. The molecule has 1 aliphatic heterocycles. The third-order valence-electron chi connectivity index (χ3n) is 3.21. The number of carbonyl (C=O) groups is 1. The minimum Gasteiger partial charge on any atom is -0.487 e. The van der Waals surface area contributed by atoms with Gasteiger partial charge in [0.15, 0.2) is 0 Å². The van der Waals surface area contributed by atoms with Gasteiger partial charge in [-0.2, -0.15) is 0 Å². The lowest BCUT2D eigenvalue weighted by Gasteiger charge is -2.34. The lowest BCUT2D eigenvalue weighted by molar-refractivity contribution is -0.119. The molecule has 0 saturated heterocycles. The maximum atomic E-state index is 13.2. The molecule has 19 heavy (non-hydrogen) atoms. The maximum Gasteiger partial charge on any atom is 0.227 e. The van der Waals surface area contributed by atoms with Crippen LogP contribution in [0.25, 0.3) is 0 Å². The van der Waals surface area contributed by atoms with Crippen molar-refractivity contribution in [3.05, 3.63) is 24.0 Å². The van der Waals surface area contributed by atoms with Crippen molar-refractivity contribution < 1.29 is 13.9 Å². The minimum absolute atomic E-state index is 0.000887. The Morgan fingerprint density at radius 3 is 3.05 bits per heavy atom. The molecule has 0 saturated carbocycles. The number of nitrogens with two attached hydrogens (primary N) is 1. The van der Waals surface area contributed by atoms with Crippen LogP contribution < -0.4 is 15.4 Å². The first kappa shape index (κ1) is 13.8. The van der Waals surface area contributed by atoms with Gasteiger partial charge in [0.2, 0.25) is 5.91 Å². The first-order valence-electron chi connectivity index (χ1n) is 6.48. The highest BCUT2D eigenvalue weighted by atomic mass is 19.1. The summed E-state index contributed by atoms with van der Waals surface area (Å²) in [5, 5.41) is 0. The molecule has 1 amide bonds. The minimum atomic E-state index is -0.365. The van der Waals surface area contributed by atoms with E-state index in [2.05, 4.69) is 0 Å². The lowest BCUT2D eigenvalue weighted by Crippen LogP contribution is -2.43.